The lowest BCUT2D eigenvalue weighted by atomic mass is 9.89. The Morgan fingerprint density at radius 2 is 1.97 bits per heavy atom. The van der Waals surface area contributed by atoms with Crippen molar-refractivity contribution in [2.75, 3.05) is 27.2 Å². The third kappa shape index (κ3) is 3.87. The maximum atomic E-state index is 12.9. The van der Waals surface area contributed by atoms with E-state index in [1.165, 1.54) is 22.7 Å². The molecule has 1 amide bonds. The molecule has 2 aromatic rings. The summed E-state index contributed by atoms with van der Waals surface area (Å²) >= 11 is 0. The van der Waals surface area contributed by atoms with Crippen LogP contribution in [0.25, 0.3) is 0 Å². The minimum absolute atomic E-state index is 0.180. The van der Waals surface area contributed by atoms with Gasteiger partial charge in [-0.15, -0.1) is 0 Å². The average Bonchev–Trinajstić information content (AvgIpc) is 3.23. The molecule has 2 aliphatic rings. The van der Waals surface area contributed by atoms with Crippen LogP contribution in [0.15, 0.2) is 42.7 Å². The Kier molecular flexibility index (Phi) is 5.67. The summed E-state index contributed by atoms with van der Waals surface area (Å²) in [6.07, 6.45) is 3.78. The lowest BCUT2D eigenvalue weighted by Crippen LogP contribution is -2.55. The minimum atomic E-state index is -3.48. The standard InChI is InChI=1S/C20H27N5O4S/c1-23(2)30(27,28)25-11-8-20(9-12-25)19-21-10-13-24(19)15-17(29-20)18(26)22-14-16-6-4-3-5-7-16/h3-7,10,13,17H,8-9,11-12,14-15H2,1-2H3,(H,22,26)/t17-/m0/s1. The monoisotopic (exact) mass is 433 g/mol. The Bertz CT molecular complexity index is 997. The van der Waals surface area contributed by atoms with Gasteiger partial charge in [-0.25, -0.2) is 4.98 Å². The molecule has 0 radical (unpaired) electrons. The summed E-state index contributed by atoms with van der Waals surface area (Å²) in [5.41, 5.74) is 0.247. The third-order valence-electron chi connectivity index (χ3n) is 5.77. The molecule has 30 heavy (non-hydrogen) atoms. The van der Waals surface area contributed by atoms with Gasteiger partial charge in [0, 0.05) is 46.1 Å². The Morgan fingerprint density at radius 1 is 1.27 bits per heavy atom. The number of hydrogen-bond acceptors (Lipinski definition) is 5. The van der Waals surface area contributed by atoms with Gasteiger partial charge in [0.15, 0.2) is 6.10 Å². The first-order valence-electron chi connectivity index (χ1n) is 10.0. The Morgan fingerprint density at radius 3 is 2.63 bits per heavy atom. The molecular weight excluding hydrogens is 406 g/mol. The number of carbonyl (C=O) groups is 1. The van der Waals surface area contributed by atoms with E-state index < -0.39 is 21.9 Å². The van der Waals surface area contributed by atoms with E-state index in [2.05, 4.69) is 10.3 Å². The quantitative estimate of drug-likeness (QED) is 0.749. The van der Waals surface area contributed by atoms with Crippen molar-refractivity contribution in [1.82, 2.24) is 23.5 Å². The molecule has 3 heterocycles. The van der Waals surface area contributed by atoms with E-state index in [-0.39, 0.29) is 5.91 Å². The van der Waals surface area contributed by atoms with Crippen molar-refractivity contribution in [2.45, 2.75) is 37.6 Å². The van der Waals surface area contributed by atoms with E-state index in [9.17, 15) is 13.2 Å². The smallest absolute Gasteiger partial charge is 0.281 e. The van der Waals surface area contributed by atoms with E-state index in [1.807, 2.05) is 41.1 Å². The van der Waals surface area contributed by atoms with Gasteiger partial charge < -0.3 is 14.6 Å². The molecule has 0 unspecified atom stereocenters. The molecule has 1 atom stereocenters. The number of aromatic nitrogens is 2. The van der Waals surface area contributed by atoms with E-state index in [1.54, 1.807) is 6.20 Å². The number of nitrogens with zero attached hydrogens (tertiary/aromatic N) is 4. The molecule has 0 aliphatic carbocycles. The molecule has 162 valence electrons. The van der Waals surface area contributed by atoms with E-state index in [0.29, 0.717) is 39.0 Å². The van der Waals surface area contributed by atoms with Crippen LogP contribution in [0.2, 0.25) is 0 Å². The van der Waals surface area contributed by atoms with Crippen LogP contribution in [-0.4, -0.2) is 65.8 Å². The van der Waals surface area contributed by atoms with Gasteiger partial charge in [-0.1, -0.05) is 30.3 Å². The third-order valence-corrected chi connectivity index (χ3v) is 7.71. The second kappa shape index (κ2) is 8.10. The highest BCUT2D eigenvalue weighted by Gasteiger charge is 2.48. The van der Waals surface area contributed by atoms with Gasteiger partial charge in [-0.3, -0.25) is 4.79 Å². The zero-order valence-corrected chi connectivity index (χ0v) is 18.0. The first-order chi connectivity index (χ1) is 14.3. The van der Waals surface area contributed by atoms with Crippen LogP contribution in [0.5, 0.6) is 0 Å². The Balaban J connectivity index is 1.49. The number of hydrogen-bond donors (Lipinski definition) is 1. The highest BCUT2D eigenvalue weighted by atomic mass is 32.2. The van der Waals surface area contributed by atoms with Crippen LogP contribution in [0, 0.1) is 0 Å². The van der Waals surface area contributed by atoms with Gasteiger partial charge in [0.1, 0.15) is 11.4 Å². The second-order valence-electron chi connectivity index (χ2n) is 7.90. The average molecular weight is 434 g/mol. The topological polar surface area (TPSA) is 96.8 Å². The number of carbonyl (C=O) groups excluding carboxylic acids is 1. The number of amides is 1. The second-order valence-corrected chi connectivity index (χ2v) is 10.0. The maximum absolute atomic E-state index is 12.9. The summed E-state index contributed by atoms with van der Waals surface area (Å²) < 4.78 is 35.9. The van der Waals surface area contributed by atoms with Gasteiger partial charge in [0.2, 0.25) is 0 Å². The molecule has 10 heteroatoms. The van der Waals surface area contributed by atoms with E-state index in [0.717, 1.165) is 11.4 Å². The van der Waals surface area contributed by atoms with Gasteiger partial charge in [-0.05, 0) is 18.4 Å². The number of fused-ring (bicyclic) bond motifs is 2. The fourth-order valence-electron chi connectivity index (χ4n) is 4.08. The number of piperidine rings is 1. The fraction of sp³-hybridized carbons (Fsp3) is 0.500. The van der Waals surface area contributed by atoms with Gasteiger partial charge in [0.25, 0.3) is 16.1 Å². The van der Waals surface area contributed by atoms with Crippen molar-refractivity contribution in [2.24, 2.45) is 0 Å². The molecule has 1 fully saturated rings. The molecule has 0 bridgehead atoms. The molecule has 1 spiro atoms. The molecule has 1 saturated heterocycles. The maximum Gasteiger partial charge on any atom is 0.281 e. The van der Waals surface area contributed by atoms with Crippen LogP contribution >= 0.6 is 0 Å². The van der Waals surface area contributed by atoms with Crippen molar-refractivity contribution < 1.29 is 17.9 Å². The molecule has 0 saturated carbocycles. The summed E-state index contributed by atoms with van der Waals surface area (Å²) in [4.78, 5) is 17.3. The van der Waals surface area contributed by atoms with E-state index in [4.69, 9.17) is 4.74 Å². The molecule has 9 nitrogen and oxygen atoms in total. The summed E-state index contributed by atoms with van der Waals surface area (Å²) in [5, 5.41) is 2.95. The van der Waals surface area contributed by atoms with Gasteiger partial charge >= 0.3 is 0 Å². The lowest BCUT2D eigenvalue weighted by molar-refractivity contribution is -0.171. The number of imidazole rings is 1. The summed E-state index contributed by atoms with van der Waals surface area (Å²) in [6.45, 7) is 1.44. The molecule has 2 aliphatic heterocycles. The molecule has 1 N–H and O–H groups in total. The van der Waals surface area contributed by atoms with E-state index >= 15 is 0 Å². The van der Waals surface area contributed by atoms with Crippen LogP contribution < -0.4 is 5.32 Å². The minimum Gasteiger partial charge on any atom is -0.352 e. The van der Waals surface area contributed by atoms with Crippen LogP contribution in [-0.2, 0) is 38.4 Å². The summed E-state index contributed by atoms with van der Waals surface area (Å²) in [6, 6.07) is 9.71. The first kappa shape index (κ1) is 21.0. The number of benzene rings is 1. The van der Waals surface area contributed by atoms with Gasteiger partial charge in [-0.2, -0.15) is 17.0 Å². The molecule has 1 aromatic heterocycles. The van der Waals surface area contributed by atoms with Crippen molar-refractivity contribution in [3.8, 4) is 0 Å². The lowest BCUT2D eigenvalue weighted by Gasteiger charge is -2.45. The highest BCUT2D eigenvalue weighted by molar-refractivity contribution is 7.86. The first-order valence-corrected chi connectivity index (χ1v) is 11.4. The largest absolute Gasteiger partial charge is 0.352 e. The zero-order chi connectivity index (χ0) is 21.4. The van der Waals surface area contributed by atoms with Crippen LogP contribution in [0.1, 0.15) is 24.2 Å². The molecule has 4 rings (SSSR count). The van der Waals surface area contributed by atoms with Crippen LogP contribution in [0.3, 0.4) is 0 Å². The number of rotatable bonds is 5. The van der Waals surface area contributed by atoms with Crippen molar-refractivity contribution in [3.63, 3.8) is 0 Å². The zero-order valence-electron chi connectivity index (χ0n) is 17.2. The summed E-state index contributed by atoms with van der Waals surface area (Å²) in [5.74, 6) is 0.581. The molecule has 1 aromatic carbocycles. The van der Waals surface area contributed by atoms with Crippen molar-refractivity contribution >= 4 is 16.1 Å². The highest BCUT2D eigenvalue weighted by Crippen LogP contribution is 2.40. The Hall–Kier alpha value is -2.27. The fourth-order valence-corrected chi connectivity index (χ4v) is 5.19. The van der Waals surface area contributed by atoms with Gasteiger partial charge in [0.05, 0.1) is 6.54 Å². The predicted octanol–water partition coefficient (Wildman–Crippen LogP) is 0.696. The molecular formula is C20H27N5O4S. The van der Waals surface area contributed by atoms with Crippen LogP contribution in [0.4, 0.5) is 0 Å². The SMILES string of the molecule is CN(C)S(=O)(=O)N1CCC2(CC1)O[C@H](C(=O)NCc1ccccc1)Cn1ccnc12. The van der Waals surface area contributed by atoms with Crippen molar-refractivity contribution in [3.05, 3.63) is 54.1 Å². The Labute approximate surface area is 176 Å². The summed E-state index contributed by atoms with van der Waals surface area (Å²) in [7, 11) is -0.435. The normalized spacial score (nSPS) is 21.5. The number of ether oxygens (including phenoxy) is 1. The predicted molar refractivity (Wildman–Crippen MR) is 110 cm³/mol. The van der Waals surface area contributed by atoms with Crippen molar-refractivity contribution in [1.29, 1.82) is 0 Å². The number of nitrogens with one attached hydrogen (secondary N) is 1.